The van der Waals surface area contributed by atoms with E-state index in [-0.39, 0.29) is 0 Å². The third kappa shape index (κ3) is 3.87. The molecule has 4 heteroatoms. The second kappa shape index (κ2) is 6.36. The Morgan fingerprint density at radius 1 is 1.38 bits per heavy atom. The molecule has 0 saturated heterocycles. The van der Waals surface area contributed by atoms with Crippen LogP contribution in [0.4, 0.5) is 5.82 Å². The zero-order chi connectivity index (χ0) is 12.1. The monoisotopic (exact) mass is 258 g/mol. The second-order valence-corrected chi connectivity index (χ2v) is 5.91. The van der Waals surface area contributed by atoms with Crippen molar-refractivity contribution in [2.75, 3.05) is 12.4 Å². The summed E-state index contributed by atoms with van der Waals surface area (Å²) in [5, 5.41) is 4.40. The number of anilines is 1. The van der Waals surface area contributed by atoms with Gasteiger partial charge in [0.15, 0.2) is 0 Å². The summed E-state index contributed by atoms with van der Waals surface area (Å²) in [5.41, 5.74) is 0.964. The van der Waals surface area contributed by atoms with E-state index in [9.17, 15) is 0 Å². The molecular formula is C12H19ClN2S. The molecule has 90 valence electrons. The first-order valence-corrected chi connectivity index (χ1v) is 6.92. The fourth-order valence-corrected chi connectivity index (χ4v) is 2.40. The highest BCUT2D eigenvalue weighted by molar-refractivity contribution is 7.99. The van der Waals surface area contributed by atoms with Crippen molar-refractivity contribution in [1.29, 1.82) is 0 Å². The Morgan fingerprint density at radius 2 is 2.06 bits per heavy atom. The summed E-state index contributed by atoms with van der Waals surface area (Å²) in [6.07, 6.45) is 0. The van der Waals surface area contributed by atoms with E-state index < -0.39 is 0 Å². The van der Waals surface area contributed by atoms with Gasteiger partial charge in [0.25, 0.3) is 0 Å². The Kier molecular flexibility index (Phi) is 5.42. The van der Waals surface area contributed by atoms with Crippen molar-refractivity contribution in [2.24, 2.45) is 5.92 Å². The summed E-state index contributed by atoms with van der Waals surface area (Å²) in [6, 6.07) is 3.79. The van der Waals surface area contributed by atoms with Gasteiger partial charge < -0.3 is 5.32 Å². The average molecular weight is 259 g/mol. The molecule has 16 heavy (non-hydrogen) atoms. The maximum atomic E-state index is 6.11. The van der Waals surface area contributed by atoms with Crippen molar-refractivity contribution in [3.63, 3.8) is 0 Å². The molecule has 1 heterocycles. The zero-order valence-electron chi connectivity index (χ0n) is 10.2. The molecule has 1 aromatic rings. The topological polar surface area (TPSA) is 24.9 Å². The van der Waals surface area contributed by atoms with Gasteiger partial charge in [-0.05, 0) is 18.1 Å². The van der Waals surface area contributed by atoms with E-state index in [1.165, 1.54) is 0 Å². The molecule has 1 aromatic heterocycles. The van der Waals surface area contributed by atoms with Crippen molar-refractivity contribution >= 4 is 29.2 Å². The number of rotatable bonds is 5. The van der Waals surface area contributed by atoms with Crippen molar-refractivity contribution in [2.45, 2.75) is 31.8 Å². The van der Waals surface area contributed by atoms with Crippen LogP contribution in [0.2, 0.25) is 5.02 Å². The normalized spacial score (nSPS) is 12.9. The molecule has 1 atom stereocenters. The summed E-state index contributed by atoms with van der Waals surface area (Å²) < 4.78 is 0. The molecule has 0 saturated carbocycles. The lowest BCUT2D eigenvalue weighted by atomic mass is 10.2. The van der Waals surface area contributed by atoms with Gasteiger partial charge in [-0.15, -0.1) is 0 Å². The fourth-order valence-electron chi connectivity index (χ4n) is 1.13. The molecule has 0 bridgehead atoms. The van der Waals surface area contributed by atoms with Crippen molar-refractivity contribution in [3.8, 4) is 0 Å². The van der Waals surface area contributed by atoms with Crippen LogP contribution in [0.1, 0.15) is 26.5 Å². The molecule has 0 aliphatic heterocycles. The van der Waals surface area contributed by atoms with Crippen molar-refractivity contribution in [1.82, 2.24) is 4.98 Å². The van der Waals surface area contributed by atoms with Crippen LogP contribution in [0.5, 0.6) is 0 Å². The minimum atomic E-state index is 0.621. The first-order chi connectivity index (χ1) is 7.54. The Labute approximate surface area is 107 Å². The fraction of sp³-hybridized carbons (Fsp3) is 0.583. The Bertz CT molecular complexity index is 342. The summed E-state index contributed by atoms with van der Waals surface area (Å²) in [7, 11) is 1.86. The number of hydrogen-bond acceptors (Lipinski definition) is 3. The predicted octanol–water partition coefficient (Wildman–Crippen LogP) is 4.05. The quantitative estimate of drug-likeness (QED) is 0.862. The number of nitrogens with one attached hydrogen (secondary N) is 1. The minimum absolute atomic E-state index is 0.621. The lowest BCUT2D eigenvalue weighted by molar-refractivity contribution is 0.642. The highest BCUT2D eigenvalue weighted by Crippen LogP contribution is 2.26. The number of thioether (sulfide) groups is 1. The summed E-state index contributed by atoms with van der Waals surface area (Å²) >= 11 is 8.01. The summed E-state index contributed by atoms with van der Waals surface area (Å²) in [4.78, 5) is 4.46. The highest BCUT2D eigenvalue weighted by Gasteiger charge is 2.10. The van der Waals surface area contributed by atoms with E-state index in [4.69, 9.17) is 11.6 Å². The molecule has 0 aromatic carbocycles. The van der Waals surface area contributed by atoms with Crippen LogP contribution in [-0.2, 0) is 5.75 Å². The standard InChI is InChI=1S/C12H19ClN2S/c1-8(2)9(3)16-7-11-10(13)5-6-12(14-4)15-11/h5-6,8-9H,7H2,1-4H3,(H,14,15). The van der Waals surface area contributed by atoms with E-state index in [1.54, 1.807) is 0 Å². The Hall–Kier alpha value is -0.410. The molecule has 0 spiro atoms. The van der Waals surface area contributed by atoms with Crippen LogP contribution in [-0.4, -0.2) is 17.3 Å². The molecule has 1 rings (SSSR count). The van der Waals surface area contributed by atoms with Gasteiger partial charge in [-0.25, -0.2) is 4.98 Å². The van der Waals surface area contributed by atoms with E-state index in [2.05, 4.69) is 31.1 Å². The van der Waals surface area contributed by atoms with Gasteiger partial charge in [0.1, 0.15) is 5.82 Å². The van der Waals surface area contributed by atoms with Crippen LogP contribution in [0.25, 0.3) is 0 Å². The van der Waals surface area contributed by atoms with E-state index in [0.717, 1.165) is 22.3 Å². The van der Waals surface area contributed by atoms with E-state index >= 15 is 0 Å². The minimum Gasteiger partial charge on any atom is -0.373 e. The van der Waals surface area contributed by atoms with Gasteiger partial charge in [-0.1, -0.05) is 32.4 Å². The van der Waals surface area contributed by atoms with Gasteiger partial charge in [0.2, 0.25) is 0 Å². The number of hydrogen-bond donors (Lipinski definition) is 1. The number of nitrogens with zero attached hydrogens (tertiary/aromatic N) is 1. The SMILES string of the molecule is CNc1ccc(Cl)c(CSC(C)C(C)C)n1. The molecule has 2 nitrogen and oxygen atoms in total. The van der Waals surface area contributed by atoms with Crippen LogP contribution in [0.15, 0.2) is 12.1 Å². The van der Waals surface area contributed by atoms with Crippen molar-refractivity contribution in [3.05, 3.63) is 22.8 Å². The Balaban J connectivity index is 2.65. The number of halogens is 1. The lowest BCUT2D eigenvalue weighted by Gasteiger charge is -2.15. The highest BCUT2D eigenvalue weighted by atomic mass is 35.5. The number of aromatic nitrogens is 1. The average Bonchev–Trinajstić information content (AvgIpc) is 2.27. The van der Waals surface area contributed by atoms with E-state index in [1.807, 2.05) is 30.9 Å². The van der Waals surface area contributed by atoms with Gasteiger partial charge >= 0.3 is 0 Å². The van der Waals surface area contributed by atoms with Crippen LogP contribution in [0.3, 0.4) is 0 Å². The third-order valence-corrected chi connectivity index (χ3v) is 4.45. The smallest absolute Gasteiger partial charge is 0.126 e. The number of pyridine rings is 1. The van der Waals surface area contributed by atoms with Crippen molar-refractivity contribution < 1.29 is 0 Å². The maximum Gasteiger partial charge on any atom is 0.126 e. The second-order valence-electron chi connectivity index (χ2n) is 4.14. The molecular weight excluding hydrogens is 240 g/mol. The maximum absolute atomic E-state index is 6.11. The Morgan fingerprint density at radius 3 is 2.62 bits per heavy atom. The molecule has 1 N–H and O–H groups in total. The summed E-state index contributed by atoms with van der Waals surface area (Å²) in [5.74, 6) is 2.42. The molecule has 0 fully saturated rings. The van der Waals surface area contributed by atoms with Gasteiger partial charge in [0, 0.05) is 18.1 Å². The largest absolute Gasteiger partial charge is 0.373 e. The zero-order valence-corrected chi connectivity index (χ0v) is 11.8. The molecule has 0 aliphatic rings. The third-order valence-electron chi connectivity index (χ3n) is 2.60. The molecule has 0 amide bonds. The molecule has 0 aliphatic carbocycles. The predicted molar refractivity (Wildman–Crippen MR) is 74.4 cm³/mol. The van der Waals surface area contributed by atoms with Crippen LogP contribution in [0, 0.1) is 5.92 Å². The summed E-state index contributed by atoms with van der Waals surface area (Å²) in [6.45, 7) is 6.71. The first kappa shape index (κ1) is 13.7. The van der Waals surface area contributed by atoms with E-state index in [0.29, 0.717) is 11.2 Å². The van der Waals surface area contributed by atoms with Gasteiger partial charge in [-0.3, -0.25) is 0 Å². The van der Waals surface area contributed by atoms with Crippen LogP contribution >= 0.6 is 23.4 Å². The first-order valence-electron chi connectivity index (χ1n) is 5.49. The lowest BCUT2D eigenvalue weighted by Crippen LogP contribution is -2.06. The van der Waals surface area contributed by atoms with Gasteiger partial charge in [-0.2, -0.15) is 11.8 Å². The van der Waals surface area contributed by atoms with Gasteiger partial charge in [0.05, 0.1) is 10.7 Å². The van der Waals surface area contributed by atoms with Crippen LogP contribution < -0.4 is 5.32 Å². The molecule has 0 radical (unpaired) electrons. The molecule has 1 unspecified atom stereocenters.